The van der Waals surface area contributed by atoms with Gasteiger partial charge >= 0.3 is 5.97 Å². The van der Waals surface area contributed by atoms with E-state index >= 15 is 0 Å². The van der Waals surface area contributed by atoms with Crippen molar-refractivity contribution in [3.8, 4) is 5.75 Å². The zero-order valence-electron chi connectivity index (χ0n) is 9.02. The summed E-state index contributed by atoms with van der Waals surface area (Å²) in [6.07, 6.45) is 0. The van der Waals surface area contributed by atoms with Crippen LogP contribution in [0.4, 0.5) is 4.39 Å². The first kappa shape index (κ1) is 13.0. The standard InChI is InChI=1S/C12H8BrFO3S/c13-9-5-8(14)2-1-7(9)6-17-10-3-4-18-11(10)12(15)16/h1-5H,6H2,(H,15,16). The number of carbonyl (C=O) groups is 1. The van der Waals surface area contributed by atoms with Crippen molar-refractivity contribution in [2.24, 2.45) is 0 Å². The first-order valence-electron chi connectivity index (χ1n) is 4.95. The van der Waals surface area contributed by atoms with Crippen molar-refractivity contribution in [1.82, 2.24) is 0 Å². The summed E-state index contributed by atoms with van der Waals surface area (Å²) in [5.74, 6) is -1.03. The molecule has 2 aromatic rings. The third-order valence-electron chi connectivity index (χ3n) is 2.22. The lowest BCUT2D eigenvalue weighted by atomic mass is 10.2. The Morgan fingerprint density at radius 1 is 1.44 bits per heavy atom. The minimum Gasteiger partial charge on any atom is -0.487 e. The van der Waals surface area contributed by atoms with Crippen LogP contribution in [-0.2, 0) is 6.61 Å². The van der Waals surface area contributed by atoms with Crippen LogP contribution in [0.2, 0.25) is 0 Å². The number of hydrogen-bond acceptors (Lipinski definition) is 3. The van der Waals surface area contributed by atoms with Gasteiger partial charge in [-0.05, 0) is 23.6 Å². The maximum Gasteiger partial charge on any atom is 0.349 e. The zero-order chi connectivity index (χ0) is 13.1. The molecule has 3 nitrogen and oxygen atoms in total. The van der Waals surface area contributed by atoms with Crippen LogP contribution in [0.5, 0.6) is 5.75 Å². The molecule has 1 aromatic heterocycles. The first-order valence-corrected chi connectivity index (χ1v) is 6.62. The highest BCUT2D eigenvalue weighted by Gasteiger charge is 2.13. The van der Waals surface area contributed by atoms with Gasteiger partial charge in [0.1, 0.15) is 18.2 Å². The SMILES string of the molecule is O=C(O)c1sccc1OCc1ccc(F)cc1Br. The number of hydrogen-bond donors (Lipinski definition) is 1. The van der Waals surface area contributed by atoms with Gasteiger partial charge in [-0.3, -0.25) is 0 Å². The normalized spacial score (nSPS) is 10.3. The minimum absolute atomic E-state index is 0.160. The second-order valence-corrected chi connectivity index (χ2v) is 5.21. The number of carboxylic acid groups (broad SMARTS) is 1. The summed E-state index contributed by atoms with van der Waals surface area (Å²) in [6, 6.07) is 5.86. The topological polar surface area (TPSA) is 46.5 Å². The molecule has 0 amide bonds. The molecular formula is C12H8BrFO3S. The molecule has 6 heteroatoms. The molecule has 0 unspecified atom stereocenters. The quantitative estimate of drug-likeness (QED) is 0.923. The molecule has 18 heavy (non-hydrogen) atoms. The van der Waals surface area contributed by atoms with Crippen molar-refractivity contribution in [2.75, 3.05) is 0 Å². The zero-order valence-corrected chi connectivity index (χ0v) is 11.4. The Bertz CT molecular complexity index is 582. The van der Waals surface area contributed by atoms with E-state index in [2.05, 4.69) is 15.9 Å². The van der Waals surface area contributed by atoms with Gasteiger partial charge in [0.25, 0.3) is 0 Å². The van der Waals surface area contributed by atoms with E-state index < -0.39 is 5.97 Å². The molecule has 1 N–H and O–H groups in total. The van der Waals surface area contributed by atoms with Gasteiger partial charge in [0.05, 0.1) is 0 Å². The monoisotopic (exact) mass is 330 g/mol. The number of benzene rings is 1. The van der Waals surface area contributed by atoms with E-state index in [9.17, 15) is 9.18 Å². The molecule has 1 aromatic carbocycles. The van der Waals surface area contributed by atoms with Gasteiger partial charge in [-0.15, -0.1) is 11.3 Å². The Labute approximate surface area is 115 Å². The second-order valence-electron chi connectivity index (χ2n) is 3.44. The second kappa shape index (κ2) is 5.49. The van der Waals surface area contributed by atoms with E-state index in [0.717, 1.165) is 16.9 Å². The molecule has 0 saturated carbocycles. The van der Waals surface area contributed by atoms with E-state index in [1.807, 2.05) is 0 Å². The molecule has 0 aliphatic heterocycles. The number of thiophene rings is 1. The lowest BCUT2D eigenvalue weighted by molar-refractivity contribution is 0.0697. The average Bonchev–Trinajstić information content (AvgIpc) is 2.76. The molecule has 0 aliphatic carbocycles. The highest BCUT2D eigenvalue weighted by Crippen LogP contribution is 2.27. The molecule has 1 heterocycles. The van der Waals surface area contributed by atoms with Crippen LogP contribution < -0.4 is 4.74 Å². The Balaban J connectivity index is 2.11. The van der Waals surface area contributed by atoms with Crippen LogP contribution in [-0.4, -0.2) is 11.1 Å². The third-order valence-corrected chi connectivity index (χ3v) is 3.84. The van der Waals surface area contributed by atoms with Gasteiger partial charge in [-0.2, -0.15) is 0 Å². The number of ether oxygens (including phenoxy) is 1. The Morgan fingerprint density at radius 2 is 2.22 bits per heavy atom. The maximum absolute atomic E-state index is 12.9. The Hall–Kier alpha value is -1.40. The van der Waals surface area contributed by atoms with Crippen LogP contribution in [0, 0.1) is 5.82 Å². The van der Waals surface area contributed by atoms with Gasteiger partial charge < -0.3 is 9.84 Å². The van der Waals surface area contributed by atoms with Gasteiger partial charge in [0.2, 0.25) is 0 Å². The highest BCUT2D eigenvalue weighted by atomic mass is 79.9. The van der Waals surface area contributed by atoms with Crippen molar-refractivity contribution >= 4 is 33.2 Å². The van der Waals surface area contributed by atoms with Crippen LogP contribution in [0.3, 0.4) is 0 Å². The molecule has 0 atom stereocenters. The van der Waals surface area contributed by atoms with Crippen molar-refractivity contribution in [2.45, 2.75) is 6.61 Å². The number of rotatable bonds is 4. The van der Waals surface area contributed by atoms with E-state index in [1.165, 1.54) is 12.1 Å². The Morgan fingerprint density at radius 3 is 2.89 bits per heavy atom. The summed E-state index contributed by atoms with van der Waals surface area (Å²) < 4.78 is 18.9. The van der Waals surface area contributed by atoms with Gasteiger partial charge in [-0.1, -0.05) is 22.0 Å². The average molecular weight is 331 g/mol. The van der Waals surface area contributed by atoms with Gasteiger partial charge in [0, 0.05) is 10.0 Å². The minimum atomic E-state index is -1.02. The molecule has 0 aliphatic rings. The van der Waals surface area contributed by atoms with Crippen LogP contribution in [0.25, 0.3) is 0 Å². The largest absolute Gasteiger partial charge is 0.487 e. The van der Waals surface area contributed by atoms with E-state index in [0.29, 0.717) is 10.2 Å². The van der Waals surface area contributed by atoms with Gasteiger partial charge in [-0.25, -0.2) is 9.18 Å². The summed E-state index contributed by atoms with van der Waals surface area (Å²) in [6.45, 7) is 0.178. The van der Waals surface area contributed by atoms with E-state index in [-0.39, 0.29) is 17.3 Å². The summed E-state index contributed by atoms with van der Waals surface area (Å²) in [5, 5.41) is 10.6. The maximum atomic E-state index is 12.9. The van der Waals surface area contributed by atoms with E-state index in [4.69, 9.17) is 9.84 Å². The molecule has 0 bridgehead atoms. The van der Waals surface area contributed by atoms with Crippen molar-refractivity contribution in [3.63, 3.8) is 0 Å². The Kier molecular flexibility index (Phi) is 3.98. The van der Waals surface area contributed by atoms with Crippen LogP contribution in [0.1, 0.15) is 15.2 Å². The number of carboxylic acids is 1. The summed E-state index contributed by atoms with van der Waals surface area (Å²) in [7, 11) is 0. The molecular weight excluding hydrogens is 323 g/mol. The molecule has 94 valence electrons. The molecule has 0 saturated heterocycles. The van der Waals surface area contributed by atoms with Crippen molar-refractivity contribution in [3.05, 3.63) is 50.4 Å². The lowest BCUT2D eigenvalue weighted by Crippen LogP contribution is -2.00. The van der Waals surface area contributed by atoms with Gasteiger partial charge in [0.15, 0.2) is 4.88 Å². The molecule has 0 radical (unpaired) electrons. The fourth-order valence-corrected chi connectivity index (χ4v) is 2.50. The first-order chi connectivity index (χ1) is 8.58. The van der Waals surface area contributed by atoms with Crippen LogP contribution in [0.15, 0.2) is 34.1 Å². The summed E-state index contributed by atoms with van der Waals surface area (Å²) in [4.78, 5) is 11.0. The highest BCUT2D eigenvalue weighted by molar-refractivity contribution is 9.10. The summed E-state index contributed by atoms with van der Waals surface area (Å²) >= 11 is 4.33. The number of aromatic carboxylic acids is 1. The van der Waals surface area contributed by atoms with Crippen LogP contribution >= 0.6 is 27.3 Å². The predicted octanol–water partition coefficient (Wildman–Crippen LogP) is 3.93. The third kappa shape index (κ3) is 2.88. The summed E-state index contributed by atoms with van der Waals surface area (Å²) in [5.41, 5.74) is 0.749. The fraction of sp³-hybridized carbons (Fsp3) is 0.0833. The molecule has 0 fully saturated rings. The smallest absolute Gasteiger partial charge is 0.349 e. The van der Waals surface area contributed by atoms with Crippen molar-refractivity contribution in [1.29, 1.82) is 0 Å². The molecule has 0 spiro atoms. The predicted molar refractivity (Wildman–Crippen MR) is 69.7 cm³/mol. The lowest BCUT2D eigenvalue weighted by Gasteiger charge is -2.07. The van der Waals surface area contributed by atoms with E-state index in [1.54, 1.807) is 17.5 Å². The number of halogens is 2. The fourth-order valence-electron chi connectivity index (χ4n) is 1.36. The van der Waals surface area contributed by atoms with Crippen molar-refractivity contribution < 1.29 is 19.0 Å². The molecule has 2 rings (SSSR count).